The Labute approximate surface area is 107 Å². The second-order valence-corrected chi connectivity index (χ2v) is 4.22. The first kappa shape index (κ1) is 13.8. The van der Waals surface area contributed by atoms with Gasteiger partial charge in [-0.25, -0.2) is 0 Å². The van der Waals surface area contributed by atoms with E-state index in [1.807, 2.05) is 24.1 Å². The van der Waals surface area contributed by atoms with Crippen molar-refractivity contribution in [3.8, 4) is 0 Å². The minimum atomic E-state index is -0.0100. The van der Waals surface area contributed by atoms with Crippen molar-refractivity contribution in [2.75, 3.05) is 32.2 Å². The van der Waals surface area contributed by atoms with Crippen LogP contribution < -0.4 is 10.6 Å². The molecule has 0 saturated carbocycles. The molecule has 1 rings (SSSR count). The van der Waals surface area contributed by atoms with Crippen LogP contribution in [-0.4, -0.2) is 33.1 Å². The van der Waals surface area contributed by atoms with Crippen molar-refractivity contribution in [3.05, 3.63) is 28.8 Å². The van der Waals surface area contributed by atoms with Gasteiger partial charge in [-0.2, -0.15) is 0 Å². The number of benzene rings is 1. The number of ether oxygens (including phenoxy) is 1. The molecule has 5 heteroatoms. The maximum Gasteiger partial charge on any atom is 0.126 e. The lowest BCUT2D eigenvalue weighted by Gasteiger charge is -2.22. The number of amidine groups is 1. The fourth-order valence-corrected chi connectivity index (χ4v) is 1.94. The highest BCUT2D eigenvalue weighted by atomic mass is 35.5. The number of nitrogens with two attached hydrogens (primary N) is 1. The predicted octanol–water partition coefficient (Wildman–Crippen LogP) is 2.10. The lowest BCUT2D eigenvalue weighted by molar-refractivity contribution is 0.196. The van der Waals surface area contributed by atoms with Gasteiger partial charge in [0.1, 0.15) is 5.84 Å². The number of halogens is 1. The van der Waals surface area contributed by atoms with Gasteiger partial charge in [0.15, 0.2) is 0 Å². The van der Waals surface area contributed by atoms with Crippen LogP contribution in [0.1, 0.15) is 12.0 Å². The summed E-state index contributed by atoms with van der Waals surface area (Å²) < 4.78 is 5.01. The molecular formula is C12H18ClN3O. The summed E-state index contributed by atoms with van der Waals surface area (Å²) >= 11 is 6.06. The van der Waals surface area contributed by atoms with E-state index in [1.54, 1.807) is 13.2 Å². The first-order valence-electron chi connectivity index (χ1n) is 5.41. The lowest BCUT2D eigenvalue weighted by Crippen LogP contribution is -2.24. The highest BCUT2D eigenvalue weighted by Crippen LogP contribution is 2.26. The fourth-order valence-electron chi connectivity index (χ4n) is 1.66. The SMILES string of the molecule is COCCCN(C)c1cccc(Cl)c1C(=N)N. The first-order valence-corrected chi connectivity index (χ1v) is 5.78. The zero-order valence-electron chi connectivity index (χ0n) is 10.2. The highest BCUT2D eigenvalue weighted by Gasteiger charge is 2.12. The number of nitrogens with one attached hydrogen (secondary N) is 1. The molecule has 0 saturated heterocycles. The second kappa shape index (κ2) is 6.47. The summed E-state index contributed by atoms with van der Waals surface area (Å²) in [6, 6.07) is 5.51. The molecule has 94 valence electrons. The van der Waals surface area contributed by atoms with Crippen molar-refractivity contribution in [2.24, 2.45) is 5.73 Å². The largest absolute Gasteiger partial charge is 0.385 e. The third-order valence-electron chi connectivity index (χ3n) is 2.51. The van der Waals surface area contributed by atoms with Crippen molar-refractivity contribution < 1.29 is 4.74 Å². The number of hydrogen-bond acceptors (Lipinski definition) is 3. The third-order valence-corrected chi connectivity index (χ3v) is 2.83. The minimum Gasteiger partial charge on any atom is -0.385 e. The average molecular weight is 256 g/mol. The van der Waals surface area contributed by atoms with Crippen molar-refractivity contribution in [1.82, 2.24) is 0 Å². The van der Waals surface area contributed by atoms with Crippen LogP contribution in [0.3, 0.4) is 0 Å². The van der Waals surface area contributed by atoms with Crippen LogP contribution in [0.25, 0.3) is 0 Å². The highest BCUT2D eigenvalue weighted by molar-refractivity contribution is 6.34. The van der Waals surface area contributed by atoms with Gasteiger partial charge in [0.2, 0.25) is 0 Å². The van der Waals surface area contributed by atoms with Crippen molar-refractivity contribution in [2.45, 2.75) is 6.42 Å². The normalized spacial score (nSPS) is 10.3. The number of hydrogen-bond donors (Lipinski definition) is 2. The van der Waals surface area contributed by atoms with Gasteiger partial charge in [0.25, 0.3) is 0 Å². The van der Waals surface area contributed by atoms with E-state index >= 15 is 0 Å². The van der Waals surface area contributed by atoms with Gasteiger partial charge < -0.3 is 15.4 Å². The molecule has 0 bridgehead atoms. The molecule has 0 unspecified atom stereocenters. The van der Waals surface area contributed by atoms with Crippen LogP contribution in [0, 0.1) is 5.41 Å². The summed E-state index contributed by atoms with van der Waals surface area (Å²) in [5.74, 6) is -0.0100. The minimum absolute atomic E-state index is 0.0100. The van der Waals surface area contributed by atoms with E-state index in [0.717, 1.165) is 18.7 Å². The number of nitrogens with zero attached hydrogens (tertiary/aromatic N) is 1. The number of methoxy groups -OCH3 is 1. The van der Waals surface area contributed by atoms with Gasteiger partial charge in [-0.1, -0.05) is 17.7 Å². The van der Waals surface area contributed by atoms with E-state index in [-0.39, 0.29) is 5.84 Å². The molecule has 0 aliphatic rings. The lowest BCUT2D eigenvalue weighted by atomic mass is 10.1. The second-order valence-electron chi connectivity index (χ2n) is 3.82. The summed E-state index contributed by atoms with van der Waals surface area (Å²) in [4.78, 5) is 2.03. The molecule has 0 atom stereocenters. The summed E-state index contributed by atoms with van der Waals surface area (Å²) in [5.41, 5.74) is 7.02. The van der Waals surface area contributed by atoms with E-state index in [0.29, 0.717) is 17.2 Å². The number of rotatable bonds is 6. The molecule has 0 spiro atoms. The number of nitrogen functional groups attached to an aromatic ring is 1. The zero-order valence-corrected chi connectivity index (χ0v) is 10.9. The Balaban J connectivity index is 2.89. The van der Waals surface area contributed by atoms with Crippen LogP contribution in [-0.2, 0) is 4.74 Å². The Morgan fingerprint density at radius 2 is 2.24 bits per heavy atom. The van der Waals surface area contributed by atoms with E-state index < -0.39 is 0 Å². The number of anilines is 1. The Morgan fingerprint density at radius 3 is 2.82 bits per heavy atom. The van der Waals surface area contributed by atoms with Crippen LogP contribution in [0.2, 0.25) is 5.02 Å². The van der Waals surface area contributed by atoms with Crippen molar-refractivity contribution in [1.29, 1.82) is 5.41 Å². The van der Waals surface area contributed by atoms with Gasteiger partial charge in [0.05, 0.1) is 10.6 Å². The smallest absolute Gasteiger partial charge is 0.126 e. The van der Waals surface area contributed by atoms with Crippen molar-refractivity contribution in [3.63, 3.8) is 0 Å². The van der Waals surface area contributed by atoms with Crippen LogP contribution in [0.15, 0.2) is 18.2 Å². The quantitative estimate of drug-likeness (QED) is 0.465. The standard InChI is InChI=1S/C12H18ClN3O/c1-16(7-4-8-17-2)10-6-3-5-9(13)11(10)12(14)15/h3,5-6H,4,7-8H2,1-2H3,(H3,14,15). The predicted molar refractivity (Wildman–Crippen MR) is 72.2 cm³/mol. The maximum absolute atomic E-state index is 7.57. The molecule has 1 aromatic carbocycles. The average Bonchev–Trinajstić information content (AvgIpc) is 2.28. The molecule has 3 N–H and O–H groups in total. The topological polar surface area (TPSA) is 62.3 Å². The molecule has 0 amide bonds. The van der Waals surface area contributed by atoms with Gasteiger partial charge >= 0.3 is 0 Å². The molecule has 0 aliphatic carbocycles. The summed E-state index contributed by atoms with van der Waals surface area (Å²) in [6.45, 7) is 1.54. The van der Waals surface area contributed by atoms with Gasteiger partial charge in [-0.15, -0.1) is 0 Å². The third kappa shape index (κ3) is 3.61. The molecule has 0 fully saturated rings. The molecule has 1 aromatic rings. The van der Waals surface area contributed by atoms with Crippen molar-refractivity contribution >= 4 is 23.1 Å². The molecule has 0 aromatic heterocycles. The molecule has 0 radical (unpaired) electrons. The van der Waals surface area contributed by atoms with E-state index in [2.05, 4.69) is 0 Å². The van der Waals surface area contributed by atoms with Gasteiger partial charge in [-0.05, 0) is 18.6 Å². The van der Waals surface area contributed by atoms with Crippen LogP contribution >= 0.6 is 11.6 Å². The molecular weight excluding hydrogens is 238 g/mol. The molecule has 17 heavy (non-hydrogen) atoms. The van der Waals surface area contributed by atoms with E-state index in [4.69, 9.17) is 27.5 Å². The summed E-state index contributed by atoms with van der Waals surface area (Å²) in [7, 11) is 3.63. The first-order chi connectivity index (χ1) is 8.07. The Bertz CT molecular complexity index is 395. The van der Waals surface area contributed by atoms with Crippen LogP contribution in [0.5, 0.6) is 0 Å². The summed E-state index contributed by atoms with van der Waals surface area (Å²) in [5, 5.41) is 8.07. The van der Waals surface area contributed by atoms with E-state index in [9.17, 15) is 0 Å². The molecule has 0 heterocycles. The summed E-state index contributed by atoms with van der Waals surface area (Å²) in [6.07, 6.45) is 0.914. The van der Waals surface area contributed by atoms with Gasteiger partial charge in [0, 0.05) is 33.0 Å². The molecule has 4 nitrogen and oxygen atoms in total. The van der Waals surface area contributed by atoms with E-state index in [1.165, 1.54) is 0 Å². The van der Waals surface area contributed by atoms with Gasteiger partial charge in [-0.3, -0.25) is 5.41 Å². The fraction of sp³-hybridized carbons (Fsp3) is 0.417. The molecule has 0 aliphatic heterocycles. The Morgan fingerprint density at radius 1 is 1.53 bits per heavy atom. The maximum atomic E-state index is 7.57. The zero-order chi connectivity index (χ0) is 12.8. The Hall–Kier alpha value is -1.26. The van der Waals surface area contributed by atoms with Crippen LogP contribution in [0.4, 0.5) is 5.69 Å². The Kier molecular flexibility index (Phi) is 5.25. The monoisotopic (exact) mass is 255 g/mol.